The van der Waals surface area contributed by atoms with Gasteiger partial charge in [0.25, 0.3) is 0 Å². The van der Waals surface area contributed by atoms with Crippen LogP contribution in [0.1, 0.15) is 18.9 Å². The molecule has 0 spiro atoms. The van der Waals surface area contributed by atoms with Crippen LogP contribution in [-0.2, 0) is 11.2 Å². The van der Waals surface area contributed by atoms with Gasteiger partial charge in [0.1, 0.15) is 12.4 Å². The fraction of sp³-hybridized carbons (Fsp3) is 0.385. The van der Waals surface area contributed by atoms with Crippen molar-refractivity contribution >= 4 is 29.5 Å². The van der Waals surface area contributed by atoms with Crippen LogP contribution in [0, 0.1) is 5.92 Å². The zero-order valence-corrected chi connectivity index (χ0v) is 21.0. The van der Waals surface area contributed by atoms with Gasteiger partial charge in [-0.3, -0.25) is 4.79 Å². The summed E-state index contributed by atoms with van der Waals surface area (Å²) in [5.41, 5.74) is 1.82. The monoisotopic (exact) mass is 494 g/mol. The molecule has 10 heteroatoms. The number of carboxylic acids is 1. The molecule has 36 heavy (non-hydrogen) atoms. The van der Waals surface area contributed by atoms with Gasteiger partial charge in [-0.1, -0.05) is 37.3 Å². The molecule has 1 unspecified atom stereocenters. The Morgan fingerprint density at radius 3 is 2.19 bits per heavy atom. The lowest BCUT2D eigenvalue weighted by molar-refractivity contribution is -0.141. The fourth-order valence-corrected chi connectivity index (χ4v) is 3.46. The SMILES string of the molecule is CCC(Cc1ccc(OCCN(C)c2nc(Nc3ccccc3)nc(N(C)CCO)n2)cc1)C(=O)O. The van der Waals surface area contributed by atoms with Gasteiger partial charge in [-0.05, 0) is 42.7 Å². The Kier molecular flexibility index (Phi) is 9.82. The number of carbonyl (C=O) groups is 1. The van der Waals surface area contributed by atoms with Gasteiger partial charge in [0, 0.05) is 26.3 Å². The van der Waals surface area contributed by atoms with Crippen molar-refractivity contribution < 1.29 is 19.7 Å². The predicted octanol–water partition coefficient (Wildman–Crippen LogP) is 3.21. The molecule has 0 aliphatic heterocycles. The number of hydrogen-bond donors (Lipinski definition) is 3. The predicted molar refractivity (Wildman–Crippen MR) is 140 cm³/mol. The molecule has 2 aromatic carbocycles. The maximum Gasteiger partial charge on any atom is 0.306 e. The molecule has 1 aromatic heterocycles. The van der Waals surface area contributed by atoms with E-state index < -0.39 is 5.97 Å². The topological polar surface area (TPSA) is 124 Å². The Labute approximate surface area is 211 Å². The highest BCUT2D eigenvalue weighted by molar-refractivity contribution is 5.70. The molecule has 0 saturated carbocycles. The van der Waals surface area contributed by atoms with Crippen LogP contribution in [-0.4, -0.2) is 71.5 Å². The standard InChI is InChI=1S/C26H34N6O4/c1-4-20(23(34)35)18-19-10-12-22(13-11-19)36-17-15-32(3)26-29-24(27-21-8-6-5-7-9-21)28-25(30-26)31(2)14-16-33/h5-13,20,33H,4,14-18H2,1-3H3,(H,34,35)(H,27,28,29,30). The Hall–Kier alpha value is -3.92. The van der Waals surface area contributed by atoms with Gasteiger partial charge in [0.05, 0.1) is 19.1 Å². The van der Waals surface area contributed by atoms with E-state index in [2.05, 4.69) is 20.3 Å². The van der Waals surface area contributed by atoms with E-state index in [4.69, 9.17) is 4.74 Å². The lowest BCUT2D eigenvalue weighted by Crippen LogP contribution is -2.29. The van der Waals surface area contributed by atoms with Gasteiger partial charge in [0.2, 0.25) is 17.8 Å². The normalized spacial score (nSPS) is 11.6. The van der Waals surface area contributed by atoms with Gasteiger partial charge in [-0.2, -0.15) is 15.0 Å². The number of likely N-dealkylation sites (N-methyl/N-ethyl adjacent to an activating group) is 2. The molecular formula is C26H34N6O4. The zero-order valence-electron chi connectivity index (χ0n) is 21.0. The minimum atomic E-state index is -0.771. The second-order valence-corrected chi connectivity index (χ2v) is 8.46. The van der Waals surface area contributed by atoms with Crippen molar-refractivity contribution in [1.29, 1.82) is 0 Å². The minimum absolute atomic E-state index is 0.0170. The average Bonchev–Trinajstić information content (AvgIpc) is 2.88. The molecular weight excluding hydrogens is 460 g/mol. The zero-order chi connectivity index (χ0) is 25.9. The third-order valence-electron chi connectivity index (χ3n) is 5.70. The Morgan fingerprint density at radius 2 is 1.61 bits per heavy atom. The summed E-state index contributed by atoms with van der Waals surface area (Å²) < 4.78 is 5.89. The summed E-state index contributed by atoms with van der Waals surface area (Å²) >= 11 is 0. The number of hydrogen-bond acceptors (Lipinski definition) is 9. The Bertz CT molecular complexity index is 1100. The third-order valence-corrected chi connectivity index (χ3v) is 5.70. The number of anilines is 4. The maximum absolute atomic E-state index is 11.3. The first-order chi connectivity index (χ1) is 17.4. The number of benzene rings is 2. The Balaban J connectivity index is 1.63. The van der Waals surface area contributed by atoms with E-state index in [0.717, 1.165) is 11.3 Å². The first kappa shape index (κ1) is 26.7. The van der Waals surface area contributed by atoms with E-state index in [1.165, 1.54) is 0 Å². The van der Waals surface area contributed by atoms with Crippen molar-refractivity contribution in [2.75, 3.05) is 55.5 Å². The molecule has 0 saturated heterocycles. The van der Waals surface area contributed by atoms with E-state index in [-0.39, 0.29) is 12.5 Å². The van der Waals surface area contributed by atoms with Crippen molar-refractivity contribution in [2.24, 2.45) is 5.92 Å². The summed E-state index contributed by atoms with van der Waals surface area (Å²) in [7, 11) is 3.69. The number of aliphatic hydroxyl groups excluding tert-OH is 1. The molecule has 3 rings (SSSR count). The van der Waals surface area contributed by atoms with Crippen LogP contribution >= 0.6 is 0 Å². The largest absolute Gasteiger partial charge is 0.492 e. The lowest BCUT2D eigenvalue weighted by Gasteiger charge is -2.21. The third kappa shape index (κ3) is 7.81. The van der Waals surface area contributed by atoms with E-state index in [1.807, 2.05) is 80.5 Å². The summed E-state index contributed by atoms with van der Waals surface area (Å²) in [5, 5.41) is 21.8. The van der Waals surface area contributed by atoms with Crippen LogP contribution in [0.4, 0.5) is 23.5 Å². The number of carboxylic acid groups (broad SMARTS) is 1. The van der Waals surface area contributed by atoms with Crippen molar-refractivity contribution in [2.45, 2.75) is 19.8 Å². The van der Waals surface area contributed by atoms with Crippen LogP contribution in [0.2, 0.25) is 0 Å². The van der Waals surface area contributed by atoms with Crippen molar-refractivity contribution in [1.82, 2.24) is 15.0 Å². The number of nitrogens with zero attached hydrogens (tertiary/aromatic N) is 5. The van der Waals surface area contributed by atoms with Crippen LogP contribution in [0.25, 0.3) is 0 Å². The Morgan fingerprint density at radius 1 is 0.972 bits per heavy atom. The van der Waals surface area contributed by atoms with E-state index in [9.17, 15) is 15.0 Å². The quantitative estimate of drug-likeness (QED) is 0.308. The molecule has 0 radical (unpaired) electrons. The molecule has 3 N–H and O–H groups in total. The van der Waals surface area contributed by atoms with Crippen molar-refractivity contribution in [3.05, 3.63) is 60.2 Å². The molecule has 1 heterocycles. The number of aromatic nitrogens is 3. The first-order valence-corrected chi connectivity index (χ1v) is 12.0. The number of nitrogens with one attached hydrogen (secondary N) is 1. The molecule has 0 aliphatic carbocycles. The number of rotatable bonds is 14. The summed E-state index contributed by atoms with van der Waals surface area (Å²) in [4.78, 5) is 28.5. The molecule has 10 nitrogen and oxygen atoms in total. The lowest BCUT2D eigenvalue weighted by atomic mass is 9.97. The molecule has 0 amide bonds. The van der Waals surface area contributed by atoms with Gasteiger partial charge in [0.15, 0.2) is 0 Å². The van der Waals surface area contributed by atoms with Gasteiger partial charge in [-0.15, -0.1) is 0 Å². The molecule has 0 aliphatic rings. The number of aliphatic hydroxyl groups is 1. The average molecular weight is 495 g/mol. The molecule has 0 fully saturated rings. The van der Waals surface area contributed by atoms with Crippen LogP contribution in [0.15, 0.2) is 54.6 Å². The van der Waals surface area contributed by atoms with Crippen molar-refractivity contribution in [3.63, 3.8) is 0 Å². The van der Waals surface area contributed by atoms with E-state index >= 15 is 0 Å². The van der Waals surface area contributed by atoms with Crippen molar-refractivity contribution in [3.8, 4) is 5.75 Å². The van der Waals surface area contributed by atoms with E-state index in [1.54, 1.807) is 4.90 Å². The highest BCUT2D eigenvalue weighted by Gasteiger charge is 2.16. The molecule has 1 atom stereocenters. The van der Waals surface area contributed by atoms with Crippen LogP contribution in [0.5, 0.6) is 5.75 Å². The highest BCUT2D eigenvalue weighted by atomic mass is 16.5. The minimum Gasteiger partial charge on any atom is -0.492 e. The second kappa shape index (κ2) is 13.2. The number of ether oxygens (including phenoxy) is 1. The maximum atomic E-state index is 11.3. The summed E-state index contributed by atoms with van der Waals surface area (Å²) in [6, 6.07) is 17.2. The highest BCUT2D eigenvalue weighted by Crippen LogP contribution is 2.20. The molecule has 0 bridgehead atoms. The summed E-state index contributed by atoms with van der Waals surface area (Å²) in [5.74, 6) is 0.881. The number of para-hydroxylation sites is 1. The van der Waals surface area contributed by atoms with Crippen LogP contribution in [0.3, 0.4) is 0 Å². The first-order valence-electron chi connectivity index (χ1n) is 12.0. The molecule has 192 valence electrons. The summed E-state index contributed by atoms with van der Waals surface area (Å²) in [6.07, 6.45) is 1.09. The summed E-state index contributed by atoms with van der Waals surface area (Å²) in [6.45, 7) is 3.18. The van der Waals surface area contributed by atoms with Crippen LogP contribution < -0.4 is 19.9 Å². The van der Waals surface area contributed by atoms with E-state index in [0.29, 0.717) is 56.1 Å². The van der Waals surface area contributed by atoms with Gasteiger partial charge in [-0.25, -0.2) is 0 Å². The van der Waals surface area contributed by atoms with Gasteiger partial charge >= 0.3 is 5.97 Å². The molecule has 3 aromatic rings. The second-order valence-electron chi connectivity index (χ2n) is 8.46. The number of aliphatic carboxylic acids is 1. The van der Waals surface area contributed by atoms with Gasteiger partial charge < -0.3 is 30.1 Å². The smallest absolute Gasteiger partial charge is 0.306 e. The fourth-order valence-electron chi connectivity index (χ4n) is 3.46.